The number of aliphatic hydroxyl groups is 1. The van der Waals surface area contributed by atoms with E-state index in [1.165, 1.54) is 17.5 Å². The fourth-order valence-corrected chi connectivity index (χ4v) is 2.86. The molecule has 0 amide bonds. The number of aryl methyl sites for hydroxylation is 1. The second-order valence-corrected chi connectivity index (χ2v) is 5.88. The van der Waals surface area contributed by atoms with Crippen LogP contribution in [0.2, 0.25) is 0 Å². The smallest absolute Gasteiger partial charge is 0.138 e. The van der Waals surface area contributed by atoms with Crippen molar-refractivity contribution in [1.82, 2.24) is 19.7 Å². The molecule has 0 unspecified atom stereocenters. The average molecular weight is 322 g/mol. The predicted octanol–water partition coefficient (Wildman–Crippen LogP) is 2.57. The van der Waals surface area contributed by atoms with E-state index >= 15 is 0 Å². The highest BCUT2D eigenvalue weighted by Crippen LogP contribution is 2.17. The summed E-state index contributed by atoms with van der Waals surface area (Å²) in [5.41, 5.74) is 4.66. The summed E-state index contributed by atoms with van der Waals surface area (Å²) in [4.78, 5) is 6.25. The lowest BCUT2D eigenvalue weighted by Crippen LogP contribution is -2.26. The number of hydrogen-bond acceptors (Lipinski definition) is 4. The molecule has 0 atom stereocenters. The van der Waals surface area contributed by atoms with Gasteiger partial charge in [-0.1, -0.05) is 42.5 Å². The minimum absolute atomic E-state index is 0.156. The second kappa shape index (κ2) is 7.86. The fraction of sp³-hybridized carbons (Fsp3) is 0.263. The number of hydrogen-bond donors (Lipinski definition) is 1. The van der Waals surface area contributed by atoms with Crippen LogP contribution >= 0.6 is 0 Å². The topological polar surface area (TPSA) is 54.2 Å². The summed E-state index contributed by atoms with van der Waals surface area (Å²) in [7, 11) is 0. The van der Waals surface area contributed by atoms with Crippen LogP contribution in [-0.2, 0) is 13.1 Å². The van der Waals surface area contributed by atoms with E-state index in [0.717, 1.165) is 24.3 Å². The lowest BCUT2D eigenvalue weighted by atomic mass is 10.1. The summed E-state index contributed by atoms with van der Waals surface area (Å²) in [6.45, 7) is 4.51. The van der Waals surface area contributed by atoms with Crippen molar-refractivity contribution < 1.29 is 5.11 Å². The van der Waals surface area contributed by atoms with E-state index in [1.807, 2.05) is 18.2 Å². The van der Waals surface area contributed by atoms with Crippen LogP contribution in [-0.4, -0.2) is 37.9 Å². The van der Waals surface area contributed by atoms with Gasteiger partial charge in [0.2, 0.25) is 0 Å². The highest BCUT2D eigenvalue weighted by Gasteiger charge is 2.09. The van der Waals surface area contributed by atoms with Crippen molar-refractivity contribution in [2.75, 3.05) is 13.2 Å². The van der Waals surface area contributed by atoms with Crippen LogP contribution in [0.1, 0.15) is 16.7 Å². The Hall–Kier alpha value is -2.50. The molecule has 0 radical (unpaired) electrons. The fourth-order valence-electron chi connectivity index (χ4n) is 2.86. The maximum absolute atomic E-state index is 9.36. The van der Waals surface area contributed by atoms with Crippen LogP contribution < -0.4 is 0 Å². The largest absolute Gasteiger partial charge is 0.395 e. The lowest BCUT2D eigenvalue weighted by Gasteiger charge is -2.22. The molecule has 24 heavy (non-hydrogen) atoms. The summed E-state index contributed by atoms with van der Waals surface area (Å²) in [6.07, 6.45) is 3.24. The molecule has 0 saturated carbocycles. The van der Waals surface area contributed by atoms with Crippen molar-refractivity contribution in [3.63, 3.8) is 0 Å². The molecule has 1 heterocycles. The SMILES string of the molecule is Cc1cc(CN(CCO)Cc2ccccc2)ccc1-n1cncn1. The van der Waals surface area contributed by atoms with Gasteiger partial charge < -0.3 is 5.11 Å². The van der Waals surface area contributed by atoms with Gasteiger partial charge in [0, 0.05) is 19.6 Å². The van der Waals surface area contributed by atoms with Crippen molar-refractivity contribution in [2.24, 2.45) is 0 Å². The Labute approximate surface area is 142 Å². The first-order valence-electron chi connectivity index (χ1n) is 8.08. The van der Waals surface area contributed by atoms with Crippen LogP contribution in [0.15, 0.2) is 61.2 Å². The van der Waals surface area contributed by atoms with Gasteiger partial charge in [0.05, 0.1) is 12.3 Å². The normalized spacial score (nSPS) is 11.1. The van der Waals surface area contributed by atoms with Gasteiger partial charge in [-0.3, -0.25) is 4.90 Å². The zero-order chi connectivity index (χ0) is 16.8. The highest BCUT2D eigenvalue weighted by molar-refractivity contribution is 5.41. The van der Waals surface area contributed by atoms with E-state index in [9.17, 15) is 5.11 Å². The number of aliphatic hydroxyl groups excluding tert-OH is 1. The van der Waals surface area contributed by atoms with Crippen molar-refractivity contribution in [2.45, 2.75) is 20.0 Å². The summed E-state index contributed by atoms with van der Waals surface area (Å²) in [5, 5.41) is 13.5. The maximum Gasteiger partial charge on any atom is 0.138 e. The average Bonchev–Trinajstić information content (AvgIpc) is 3.10. The van der Waals surface area contributed by atoms with Crippen LogP contribution in [0, 0.1) is 6.92 Å². The summed E-state index contributed by atoms with van der Waals surface area (Å²) in [5.74, 6) is 0. The lowest BCUT2D eigenvalue weighted by molar-refractivity contribution is 0.184. The Bertz CT molecular complexity index is 756. The molecule has 1 aromatic heterocycles. The minimum atomic E-state index is 0.156. The highest BCUT2D eigenvalue weighted by atomic mass is 16.3. The molecular weight excluding hydrogens is 300 g/mol. The number of benzene rings is 2. The van der Waals surface area contributed by atoms with Gasteiger partial charge >= 0.3 is 0 Å². The molecule has 3 aromatic rings. The van der Waals surface area contributed by atoms with Crippen LogP contribution in [0.25, 0.3) is 5.69 Å². The molecule has 0 aliphatic rings. The van der Waals surface area contributed by atoms with Gasteiger partial charge in [-0.15, -0.1) is 0 Å². The predicted molar refractivity (Wildman–Crippen MR) is 93.7 cm³/mol. The van der Waals surface area contributed by atoms with E-state index in [0.29, 0.717) is 6.54 Å². The summed E-state index contributed by atoms with van der Waals surface area (Å²) < 4.78 is 1.77. The Morgan fingerprint density at radius 1 is 1.04 bits per heavy atom. The van der Waals surface area contributed by atoms with Gasteiger partial charge in [-0.25, -0.2) is 9.67 Å². The molecule has 0 aliphatic heterocycles. The Kier molecular flexibility index (Phi) is 5.36. The van der Waals surface area contributed by atoms with E-state index < -0.39 is 0 Å². The van der Waals surface area contributed by atoms with Crippen LogP contribution in [0.3, 0.4) is 0 Å². The quantitative estimate of drug-likeness (QED) is 0.726. The third-order valence-corrected chi connectivity index (χ3v) is 4.00. The molecule has 5 nitrogen and oxygen atoms in total. The van der Waals surface area contributed by atoms with Gasteiger partial charge in [0.1, 0.15) is 12.7 Å². The Balaban J connectivity index is 1.74. The van der Waals surface area contributed by atoms with E-state index in [1.54, 1.807) is 11.0 Å². The first-order valence-corrected chi connectivity index (χ1v) is 8.08. The molecule has 0 bridgehead atoms. The number of rotatable bonds is 7. The van der Waals surface area contributed by atoms with E-state index in [-0.39, 0.29) is 6.61 Å². The third-order valence-electron chi connectivity index (χ3n) is 4.00. The molecule has 3 rings (SSSR count). The molecule has 0 aliphatic carbocycles. The van der Waals surface area contributed by atoms with Gasteiger partial charge in [-0.05, 0) is 29.7 Å². The van der Waals surface area contributed by atoms with Gasteiger partial charge in [0.25, 0.3) is 0 Å². The zero-order valence-corrected chi connectivity index (χ0v) is 13.8. The molecule has 124 valence electrons. The first-order chi connectivity index (χ1) is 11.8. The molecule has 1 N–H and O–H groups in total. The molecule has 0 saturated heterocycles. The van der Waals surface area contributed by atoms with Crippen molar-refractivity contribution in [3.05, 3.63) is 77.9 Å². The Morgan fingerprint density at radius 3 is 2.50 bits per heavy atom. The van der Waals surface area contributed by atoms with Crippen LogP contribution in [0.4, 0.5) is 0 Å². The zero-order valence-electron chi connectivity index (χ0n) is 13.8. The minimum Gasteiger partial charge on any atom is -0.395 e. The molecular formula is C19H22N4O. The van der Waals surface area contributed by atoms with E-state index in [2.05, 4.69) is 52.2 Å². The molecule has 2 aromatic carbocycles. The van der Waals surface area contributed by atoms with Crippen molar-refractivity contribution >= 4 is 0 Å². The summed E-state index contributed by atoms with van der Waals surface area (Å²) >= 11 is 0. The Morgan fingerprint density at radius 2 is 1.83 bits per heavy atom. The van der Waals surface area contributed by atoms with Crippen molar-refractivity contribution in [3.8, 4) is 5.69 Å². The van der Waals surface area contributed by atoms with Crippen LogP contribution in [0.5, 0.6) is 0 Å². The van der Waals surface area contributed by atoms with Gasteiger partial charge in [-0.2, -0.15) is 5.10 Å². The molecule has 0 spiro atoms. The van der Waals surface area contributed by atoms with Crippen molar-refractivity contribution in [1.29, 1.82) is 0 Å². The standard InChI is InChI=1S/C19H22N4O/c1-16-11-18(7-8-19(16)23-15-20-14-21-23)13-22(9-10-24)12-17-5-3-2-4-6-17/h2-8,11,14-15,24H,9-10,12-13H2,1H3. The first kappa shape index (κ1) is 16.4. The van der Waals surface area contributed by atoms with E-state index in [4.69, 9.17) is 0 Å². The maximum atomic E-state index is 9.36. The molecule has 5 heteroatoms. The summed E-state index contributed by atoms with van der Waals surface area (Å²) in [6, 6.07) is 16.7. The second-order valence-electron chi connectivity index (χ2n) is 5.88. The number of nitrogens with zero attached hydrogens (tertiary/aromatic N) is 4. The number of aromatic nitrogens is 3. The molecule has 0 fully saturated rings. The monoisotopic (exact) mass is 322 g/mol. The third kappa shape index (κ3) is 4.07. The van der Waals surface area contributed by atoms with Gasteiger partial charge in [0.15, 0.2) is 0 Å².